The maximum atomic E-state index is 12.0. The van der Waals surface area contributed by atoms with Crippen molar-refractivity contribution in [2.45, 2.75) is 39.3 Å². The Hall–Kier alpha value is -2.39. The van der Waals surface area contributed by atoms with Crippen LogP contribution in [0.1, 0.15) is 41.1 Å². The van der Waals surface area contributed by atoms with Crippen LogP contribution in [0.15, 0.2) is 57.7 Å². The molecule has 128 valence electrons. The van der Waals surface area contributed by atoms with Crippen molar-refractivity contribution >= 4 is 11.0 Å². The van der Waals surface area contributed by atoms with Crippen molar-refractivity contribution in [2.24, 2.45) is 0 Å². The van der Waals surface area contributed by atoms with Crippen LogP contribution in [0.5, 0.6) is 0 Å². The molecule has 1 aromatic heterocycles. The number of nitrogens with zero attached hydrogens (tertiary/aromatic N) is 1. The van der Waals surface area contributed by atoms with Crippen molar-refractivity contribution in [1.29, 1.82) is 0 Å². The molecule has 1 fully saturated rings. The number of hydrogen-bond donors (Lipinski definition) is 0. The fourth-order valence-electron chi connectivity index (χ4n) is 3.90. The zero-order chi connectivity index (χ0) is 17.4. The quantitative estimate of drug-likeness (QED) is 0.649. The molecule has 0 unspecified atom stereocenters. The topological polar surface area (TPSA) is 33.5 Å². The number of aryl methyl sites for hydroxylation is 2. The molecule has 1 aliphatic rings. The van der Waals surface area contributed by atoms with E-state index in [9.17, 15) is 4.79 Å². The summed E-state index contributed by atoms with van der Waals surface area (Å²) in [5.74, 6) is 0. The molecular weight excluding hydrogens is 310 g/mol. The van der Waals surface area contributed by atoms with Crippen molar-refractivity contribution in [1.82, 2.24) is 4.90 Å². The summed E-state index contributed by atoms with van der Waals surface area (Å²) in [6.07, 6.45) is 2.36. The summed E-state index contributed by atoms with van der Waals surface area (Å²) in [6, 6.07) is 16.9. The van der Waals surface area contributed by atoms with Gasteiger partial charge in [-0.1, -0.05) is 30.3 Å². The molecule has 1 aliphatic heterocycles. The van der Waals surface area contributed by atoms with Crippen molar-refractivity contribution in [3.63, 3.8) is 0 Å². The Morgan fingerprint density at radius 1 is 1.08 bits per heavy atom. The highest BCUT2D eigenvalue weighted by atomic mass is 16.4. The highest BCUT2D eigenvalue weighted by Gasteiger charge is 2.26. The lowest BCUT2D eigenvalue weighted by Crippen LogP contribution is -2.23. The van der Waals surface area contributed by atoms with Gasteiger partial charge in [-0.25, -0.2) is 4.79 Å². The fourth-order valence-corrected chi connectivity index (χ4v) is 3.90. The Morgan fingerprint density at radius 2 is 1.84 bits per heavy atom. The smallest absolute Gasteiger partial charge is 0.336 e. The number of benzene rings is 2. The summed E-state index contributed by atoms with van der Waals surface area (Å²) >= 11 is 0. The van der Waals surface area contributed by atoms with Crippen LogP contribution >= 0.6 is 0 Å². The summed E-state index contributed by atoms with van der Waals surface area (Å²) in [4.78, 5) is 14.5. The predicted molar refractivity (Wildman–Crippen MR) is 101 cm³/mol. The van der Waals surface area contributed by atoms with Crippen LogP contribution in [0.2, 0.25) is 0 Å². The SMILES string of the molecule is Cc1cc2oc(=O)cc(CN3CCC[C@H]3c3ccccc3)c2cc1C. The molecule has 3 aromatic rings. The van der Waals surface area contributed by atoms with Gasteiger partial charge in [0.1, 0.15) is 5.58 Å². The second-order valence-electron chi connectivity index (χ2n) is 7.06. The highest BCUT2D eigenvalue weighted by molar-refractivity contribution is 5.81. The van der Waals surface area contributed by atoms with Crippen molar-refractivity contribution in [3.8, 4) is 0 Å². The Morgan fingerprint density at radius 3 is 2.64 bits per heavy atom. The van der Waals surface area contributed by atoms with E-state index in [0.29, 0.717) is 11.6 Å². The molecule has 0 spiro atoms. The maximum Gasteiger partial charge on any atom is 0.336 e. The molecule has 0 amide bonds. The third kappa shape index (κ3) is 3.12. The summed E-state index contributed by atoms with van der Waals surface area (Å²) in [5, 5.41) is 1.06. The van der Waals surface area contributed by atoms with E-state index in [4.69, 9.17) is 4.42 Å². The molecule has 0 aliphatic carbocycles. The van der Waals surface area contributed by atoms with Gasteiger partial charge in [-0.15, -0.1) is 0 Å². The van der Waals surface area contributed by atoms with E-state index >= 15 is 0 Å². The van der Waals surface area contributed by atoms with Crippen molar-refractivity contribution in [3.05, 3.63) is 81.2 Å². The van der Waals surface area contributed by atoms with Crippen molar-refractivity contribution in [2.75, 3.05) is 6.54 Å². The number of likely N-dealkylation sites (tertiary alicyclic amines) is 1. The summed E-state index contributed by atoms with van der Waals surface area (Å²) < 4.78 is 5.44. The fraction of sp³-hybridized carbons (Fsp3) is 0.318. The average Bonchev–Trinajstić information content (AvgIpc) is 3.05. The van der Waals surface area contributed by atoms with Gasteiger partial charge >= 0.3 is 5.63 Å². The summed E-state index contributed by atoms with van der Waals surface area (Å²) in [5.41, 5.74) is 5.23. The third-order valence-corrected chi connectivity index (χ3v) is 5.37. The Kier molecular flexibility index (Phi) is 4.18. The molecule has 0 radical (unpaired) electrons. The molecule has 2 heterocycles. The van der Waals surface area contributed by atoms with Gasteiger partial charge in [0.15, 0.2) is 0 Å². The molecule has 25 heavy (non-hydrogen) atoms. The monoisotopic (exact) mass is 333 g/mol. The Bertz CT molecular complexity index is 959. The van der Waals surface area contributed by atoms with Crippen LogP contribution in [-0.2, 0) is 6.54 Å². The minimum atomic E-state index is -0.263. The Labute approximate surface area is 147 Å². The number of fused-ring (bicyclic) bond motifs is 1. The molecule has 1 atom stereocenters. The van der Waals surface area contributed by atoms with E-state index in [-0.39, 0.29) is 5.63 Å². The van der Waals surface area contributed by atoms with Gasteiger partial charge in [-0.2, -0.15) is 0 Å². The minimum absolute atomic E-state index is 0.263. The van der Waals surface area contributed by atoms with Crippen LogP contribution in [0, 0.1) is 13.8 Å². The highest BCUT2D eigenvalue weighted by Crippen LogP contribution is 2.34. The largest absolute Gasteiger partial charge is 0.423 e. The van der Waals surface area contributed by atoms with Gasteiger partial charge in [0, 0.05) is 24.0 Å². The van der Waals surface area contributed by atoms with E-state index in [1.165, 1.54) is 24.0 Å². The first-order valence-corrected chi connectivity index (χ1v) is 8.95. The lowest BCUT2D eigenvalue weighted by atomic mass is 10.0. The number of rotatable bonds is 3. The molecule has 3 nitrogen and oxygen atoms in total. The van der Waals surface area contributed by atoms with Gasteiger partial charge in [-0.3, -0.25) is 4.90 Å². The normalized spacial score (nSPS) is 18.1. The van der Waals surface area contributed by atoms with Gasteiger partial charge < -0.3 is 4.42 Å². The first kappa shape index (κ1) is 16.1. The maximum absolute atomic E-state index is 12.0. The summed E-state index contributed by atoms with van der Waals surface area (Å²) in [7, 11) is 0. The first-order chi connectivity index (χ1) is 12.1. The second kappa shape index (κ2) is 6.49. The molecule has 4 rings (SSSR count). The van der Waals surface area contributed by atoms with E-state index in [0.717, 1.165) is 29.6 Å². The zero-order valence-electron chi connectivity index (χ0n) is 14.8. The second-order valence-corrected chi connectivity index (χ2v) is 7.06. The molecule has 2 aromatic carbocycles. The molecule has 3 heteroatoms. The van der Waals surface area contributed by atoms with E-state index in [2.05, 4.69) is 48.2 Å². The molecule has 1 saturated heterocycles. The molecule has 0 N–H and O–H groups in total. The lowest BCUT2D eigenvalue weighted by molar-refractivity contribution is 0.249. The first-order valence-electron chi connectivity index (χ1n) is 8.95. The van der Waals surface area contributed by atoms with Crippen molar-refractivity contribution < 1.29 is 4.42 Å². The van der Waals surface area contributed by atoms with Crippen LogP contribution in [0.4, 0.5) is 0 Å². The van der Waals surface area contributed by atoms with Crippen LogP contribution in [0.3, 0.4) is 0 Å². The van der Waals surface area contributed by atoms with Gasteiger partial charge in [0.25, 0.3) is 0 Å². The van der Waals surface area contributed by atoms with Gasteiger partial charge in [-0.05, 0) is 67.6 Å². The van der Waals surface area contributed by atoms with Crippen LogP contribution in [0.25, 0.3) is 11.0 Å². The molecular formula is C22H23NO2. The summed E-state index contributed by atoms with van der Waals surface area (Å²) in [6.45, 7) is 6.00. The minimum Gasteiger partial charge on any atom is -0.423 e. The standard InChI is InChI=1S/C22H23NO2/c1-15-11-19-18(13-22(24)25-21(19)12-16(15)2)14-23-10-6-9-20(23)17-7-4-3-5-8-17/h3-5,7-8,11-13,20H,6,9-10,14H2,1-2H3/t20-/m0/s1. The van der Waals surface area contributed by atoms with E-state index < -0.39 is 0 Å². The predicted octanol–water partition coefficient (Wildman–Crippen LogP) is 4.75. The van der Waals surface area contributed by atoms with Gasteiger partial charge in [0.2, 0.25) is 0 Å². The molecule has 0 saturated carbocycles. The Balaban J connectivity index is 1.73. The average molecular weight is 333 g/mol. The molecule has 0 bridgehead atoms. The third-order valence-electron chi connectivity index (χ3n) is 5.37. The van der Waals surface area contributed by atoms with Gasteiger partial charge in [0.05, 0.1) is 0 Å². The van der Waals surface area contributed by atoms with Crippen LogP contribution < -0.4 is 5.63 Å². The van der Waals surface area contributed by atoms with E-state index in [1.54, 1.807) is 6.07 Å². The van der Waals surface area contributed by atoms with E-state index in [1.807, 2.05) is 13.0 Å². The lowest BCUT2D eigenvalue weighted by Gasteiger charge is -2.25. The zero-order valence-corrected chi connectivity index (χ0v) is 14.8. The number of hydrogen-bond acceptors (Lipinski definition) is 3. The van der Waals surface area contributed by atoms with Crippen LogP contribution in [-0.4, -0.2) is 11.4 Å².